The number of carbonyl (C=O) groups excluding carboxylic acids is 1. The zero-order valence-electron chi connectivity index (χ0n) is 7.96. The number of nitrogens with two attached hydrogens (primary N) is 1. The highest BCUT2D eigenvalue weighted by Crippen LogP contribution is 2.07. The van der Waals surface area contributed by atoms with Gasteiger partial charge >= 0.3 is 5.97 Å². The molecule has 0 aromatic rings. The molecule has 2 N–H and O–H groups in total. The Bertz CT molecular complexity index is 175. The molecule has 0 aliphatic carbocycles. The highest BCUT2D eigenvalue weighted by Gasteiger charge is 2.15. The lowest BCUT2D eigenvalue weighted by molar-refractivity contribution is -0.136. The third-order valence-corrected chi connectivity index (χ3v) is 1.73. The maximum atomic E-state index is 11.1. The fourth-order valence-electron chi connectivity index (χ4n) is 1.07. The molecule has 0 aromatic heterocycles. The molecule has 3 nitrogen and oxygen atoms in total. The molecule has 1 unspecified atom stereocenters. The second-order valence-corrected chi connectivity index (χ2v) is 2.63. The number of hydrogen-bond donors (Lipinski definition) is 1. The first-order valence-electron chi connectivity index (χ1n) is 4.17. The van der Waals surface area contributed by atoms with Crippen molar-refractivity contribution >= 4 is 5.97 Å². The number of carbonyl (C=O) groups is 1. The zero-order chi connectivity index (χ0) is 9.56. The maximum Gasteiger partial charge on any atom is 0.334 e. The minimum Gasteiger partial charge on any atom is -0.466 e. The summed E-state index contributed by atoms with van der Waals surface area (Å²) in [6.07, 6.45) is 3.50. The minimum absolute atomic E-state index is 0.188. The number of allylic oxidation sites excluding steroid dienone is 1. The van der Waals surface area contributed by atoms with E-state index in [-0.39, 0.29) is 12.0 Å². The molecule has 0 amide bonds. The van der Waals surface area contributed by atoms with E-state index in [2.05, 4.69) is 4.74 Å². The summed E-state index contributed by atoms with van der Waals surface area (Å²) in [6, 6.07) is -0.188. The number of hydrogen-bond acceptors (Lipinski definition) is 3. The van der Waals surface area contributed by atoms with E-state index in [1.54, 1.807) is 13.0 Å². The fraction of sp³-hybridized carbons (Fsp3) is 0.667. The molecule has 12 heavy (non-hydrogen) atoms. The van der Waals surface area contributed by atoms with Crippen LogP contribution in [0.2, 0.25) is 0 Å². The van der Waals surface area contributed by atoms with E-state index in [1.165, 1.54) is 7.11 Å². The van der Waals surface area contributed by atoms with Gasteiger partial charge < -0.3 is 10.5 Å². The van der Waals surface area contributed by atoms with E-state index < -0.39 is 0 Å². The first-order chi connectivity index (χ1) is 5.67. The Morgan fingerprint density at radius 3 is 2.58 bits per heavy atom. The van der Waals surface area contributed by atoms with Gasteiger partial charge in [-0.1, -0.05) is 19.4 Å². The molecule has 0 rings (SSSR count). The first-order valence-corrected chi connectivity index (χ1v) is 4.17. The lowest BCUT2D eigenvalue weighted by Gasteiger charge is -2.12. The molecule has 0 aliphatic heterocycles. The summed E-state index contributed by atoms with van der Waals surface area (Å²) < 4.78 is 4.58. The minimum atomic E-state index is -0.321. The Kier molecular flexibility index (Phi) is 5.37. The van der Waals surface area contributed by atoms with Crippen LogP contribution in [0.1, 0.15) is 26.7 Å². The number of rotatable bonds is 4. The van der Waals surface area contributed by atoms with E-state index >= 15 is 0 Å². The van der Waals surface area contributed by atoms with Crippen LogP contribution in [0.5, 0.6) is 0 Å². The topological polar surface area (TPSA) is 52.3 Å². The Hall–Kier alpha value is -0.830. The van der Waals surface area contributed by atoms with Crippen LogP contribution in [0, 0.1) is 0 Å². The van der Waals surface area contributed by atoms with Crippen molar-refractivity contribution in [2.45, 2.75) is 32.7 Å². The third-order valence-electron chi connectivity index (χ3n) is 1.73. The summed E-state index contributed by atoms with van der Waals surface area (Å²) in [5.74, 6) is -0.321. The fourth-order valence-corrected chi connectivity index (χ4v) is 1.07. The van der Waals surface area contributed by atoms with Gasteiger partial charge in [-0.3, -0.25) is 0 Å². The molecule has 70 valence electrons. The number of ether oxygens (including phenoxy) is 1. The molecular formula is C9H17NO2. The Morgan fingerprint density at radius 1 is 1.67 bits per heavy atom. The Labute approximate surface area is 73.6 Å². The molecule has 0 aromatic carbocycles. The molecule has 0 saturated heterocycles. The van der Waals surface area contributed by atoms with Crippen LogP contribution in [-0.2, 0) is 9.53 Å². The van der Waals surface area contributed by atoms with Crippen molar-refractivity contribution in [1.82, 2.24) is 0 Å². The van der Waals surface area contributed by atoms with Crippen LogP contribution < -0.4 is 5.73 Å². The molecule has 0 spiro atoms. The molecule has 1 atom stereocenters. The molecular weight excluding hydrogens is 154 g/mol. The van der Waals surface area contributed by atoms with Crippen LogP contribution in [0.3, 0.4) is 0 Å². The van der Waals surface area contributed by atoms with Crippen molar-refractivity contribution < 1.29 is 9.53 Å². The molecule has 0 radical (unpaired) electrons. The third kappa shape index (κ3) is 3.05. The summed E-state index contributed by atoms with van der Waals surface area (Å²) in [7, 11) is 1.37. The summed E-state index contributed by atoms with van der Waals surface area (Å²) in [5, 5.41) is 0. The average Bonchev–Trinajstić information content (AvgIpc) is 2.06. The van der Waals surface area contributed by atoms with Crippen molar-refractivity contribution in [3.8, 4) is 0 Å². The number of esters is 1. The zero-order valence-corrected chi connectivity index (χ0v) is 7.96. The lowest BCUT2D eigenvalue weighted by Crippen LogP contribution is -2.27. The van der Waals surface area contributed by atoms with Gasteiger partial charge in [0.2, 0.25) is 0 Å². The van der Waals surface area contributed by atoms with Gasteiger partial charge in [-0.2, -0.15) is 0 Å². The summed E-state index contributed by atoms with van der Waals surface area (Å²) in [5.41, 5.74) is 6.32. The smallest absolute Gasteiger partial charge is 0.334 e. The van der Waals surface area contributed by atoms with Crippen LogP contribution in [0.4, 0.5) is 0 Å². The molecule has 0 heterocycles. The van der Waals surface area contributed by atoms with Crippen molar-refractivity contribution in [1.29, 1.82) is 0 Å². The van der Waals surface area contributed by atoms with Gasteiger partial charge in [-0.05, 0) is 13.3 Å². The van der Waals surface area contributed by atoms with E-state index in [4.69, 9.17) is 5.73 Å². The lowest BCUT2D eigenvalue weighted by atomic mass is 10.0. The SMILES string of the molecule is CC=C(C(=O)OC)C(N)CCC. The maximum absolute atomic E-state index is 11.1. The Balaban J connectivity index is 4.25. The van der Waals surface area contributed by atoms with Gasteiger partial charge in [0.15, 0.2) is 0 Å². The molecule has 0 aliphatic rings. The summed E-state index contributed by atoms with van der Waals surface area (Å²) >= 11 is 0. The van der Waals surface area contributed by atoms with Gasteiger partial charge in [0, 0.05) is 11.6 Å². The van der Waals surface area contributed by atoms with Crippen LogP contribution >= 0.6 is 0 Å². The normalized spacial score (nSPS) is 14.2. The second-order valence-electron chi connectivity index (χ2n) is 2.63. The van der Waals surface area contributed by atoms with Crippen molar-refractivity contribution in [2.75, 3.05) is 7.11 Å². The van der Waals surface area contributed by atoms with E-state index in [0.29, 0.717) is 5.57 Å². The van der Waals surface area contributed by atoms with Gasteiger partial charge in [0.25, 0.3) is 0 Å². The molecule has 0 bridgehead atoms. The standard InChI is InChI=1S/C9H17NO2/c1-4-6-8(10)7(5-2)9(11)12-3/h5,8H,4,6,10H2,1-3H3. The van der Waals surface area contributed by atoms with Gasteiger partial charge in [0.05, 0.1) is 7.11 Å². The molecule has 0 fully saturated rings. The predicted molar refractivity (Wildman–Crippen MR) is 48.7 cm³/mol. The highest BCUT2D eigenvalue weighted by molar-refractivity contribution is 5.89. The Morgan fingerprint density at radius 2 is 2.25 bits per heavy atom. The van der Waals surface area contributed by atoms with Crippen molar-refractivity contribution in [3.63, 3.8) is 0 Å². The van der Waals surface area contributed by atoms with Gasteiger partial charge in [-0.15, -0.1) is 0 Å². The quantitative estimate of drug-likeness (QED) is 0.511. The summed E-state index contributed by atoms with van der Waals surface area (Å²) in [6.45, 7) is 3.83. The average molecular weight is 171 g/mol. The van der Waals surface area contributed by atoms with Crippen LogP contribution in [-0.4, -0.2) is 19.1 Å². The van der Waals surface area contributed by atoms with E-state index in [1.807, 2.05) is 6.92 Å². The van der Waals surface area contributed by atoms with Crippen LogP contribution in [0.15, 0.2) is 11.6 Å². The highest BCUT2D eigenvalue weighted by atomic mass is 16.5. The molecule has 3 heteroatoms. The molecule has 0 saturated carbocycles. The second kappa shape index (κ2) is 5.77. The predicted octanol–water partition coefficient (Wildman–Crippen LogP) is 1.23. The first kappa shape index (κ1) is 11.2. The van der Waals surface area contributed by atoms with E-state index in [0.717, 1.165) is 12.8 Å². The largest absolute Gasteiger partial charge is 0.466 e. The monoisotopic (exact) mass is 171 g/mol. The van der Waals surface area contributed by atoms with Gasteiger partial charge in [0.1, 0.15) is 0 Å². The summed E-state index contributed by atoms with van der Waals surface area (Å²) in [4.78, 5) is 11.1. The number of methoxy groups -OCH3 is 1. The van der Waals surface area contributed by atoms with E-state index in [9.17, 15) is 4.79 Å². The van der Waals surface area contributed by atoms with Crippen LogP contribution in [0.25, 0.3) is 0 Å². The van der Waals surface area contributed by atoms with Crippen molar-refractivity contribution in [3.05, 3.63) is 11.6 Å². The van der Waals surface area contributed by atoms with Crippen molar-refractivity contribution in [2.24, 2.45) is 5.73 Å². The van der Waals surface area contributed by atoms with Gasteiger partial charge in [-0.25, -0.2) is 4.79 Å².